The van der Waals surface area contributed by atoms with E-state index in [4.69, 9.17) is 0 Å². The average molecular weight is 344 g/mol. The van der Waals surface area contributed by atoms with Gasteiger partial charge in [-0.3, -0.25) is 9.59 Å². The Hall–Kier alpha value is -2.34. The van der Waals surface area contributed by atoms with Gasteiger partial charge in [0, 0.05) is 24.1 Å². The number of rotatable bonds is 2. The fourth-order valence-electron chi connectivity index (χ4n) is 2.65. The molecule has 1 aliphatic heterocycles. The average Bonchev–Trinajstić information content (AvgIpc) is 2.78. The molecule has 0 spiro atoms. The first-order valence-corrected chi connectivity index (χ1v) is 8.65. The second-order valence-electron chi connectivity index (χ2n) is 5.50. The molecule has 2 amide bonds. The number of hydrogen-bond acceptors (Lipinski definition) is 3. The summed E-state index contributed by atoms with van der Waals surface area (Å²) in [6, 6.07) is 11.7. The normalized spacial score (nSPS) is 13.8. The number of carbonyl (C=O) groups excluding carboxylic acids is 2. The molecule has 4 nitrogen and oxygen atoms in total. The van der Waals surface area contributed by atoms with E-state index in [1.54, 1.807) is 16.7 Å². The Morgan fingerprint density at radius 3 is 2.79 bits per heavy atom. The van der Waals surface area contributed by atoms with E-state index in [0.717, 1.165) is 22.8 Å². The van der Waals surface area contributed by atoms with Gasteiger partial charge in [-0.25, -0.2) is 4.39 Å². The van der Waals surface area contributed by atoms with E-state index in [9.17, 15) is 14.0 Å². The Labute approximate surface area is 144 Å². The number of nitrogens with one attached hydrogen (secondary N) is 1. The first kappa shape index (κ1) is 16.5. The third-order valence-corrected chi connectivity index (χ3v) is 4.85. The molecule has 3 rings (SSSR count). The first-order valence-electron chi connectivity index (χ1n) is 7.67. The lowest BCUT2D eigenvalue weighted by molar-refractivity contribution is -0.114. The Kier molecular flexibility index (Phi) is 4.85. The SMILES string of the molecule is CC(=O)Nc1ccc(F)c(C(=O)N2CCCSc3ccccc32)c1. The van der Waals surface area contributed by atoms with Crippen molar-refractivity contribution >= 4 is 35.0 Å². The summed E-state index contributed by atoms with van der Waals surface area (Å²) in [6.45, 7) is 1.90. The summed E-state index contributed by atoms with van der Waals surface area (Å²) in [6.07, 6.45) is 0.831. The van der Waals surface area contributed by atoms with Crippen LogP contribution in [0.1, 0.15) is 23.7 Å². The second kappa shape index (κ2) is 7.05. The highest BCUT2D eigenvalue weighted by Crippen LogP contribution is 2.34. The fraction of sp³-hybridized carbons (Fsp3) is 0.222. The molecule has 0 bridgehead atoms. The van der Waals surface area contributed by atoms with Crippen molar-refractivity contribution in [1.82, 2.24) is 0 Å². The van der Waals surface area contributed by atoms with Gasteiger partial charge in [0.15, 0.2) is 0 Å². The largest absolute Gasteiger partial charge is 0.326 e. The fourth-order valence-corrected chi connectivity index (χ4v) is 3.65. The predicted octanol–water partition coefficient (Wildman–Crippen LogP) is 3.93. The number of benzene rings is 2. The maximum Gasteiger partial charge on any atom is 0.261 e. The summed E-state index contributed by atoms with van der Waals surface area (Å²) >= 11 is 1.70. The summed E-state index contributed by atoms with van der Waals surface area (Å²) < 4.78 is 14.2. The van der Waals surface area contributed by atoms with Crippen molar-refractivity contribution in [2.45, 2.75) is 18.2 Å². The quantitative estimate of drug-likeness (QED) is 0.898. The van der Waals surface area contributed by atoms with Gasteiger partial charge in [0.05, 0.1) is 11.3 Å². The molecular formula is C18H17FN2O2S. The third-order valence-electron chi connectivity index (χ3n) is 3.70. The highest BCUT2D eigenvalue weighted by Gasteiger charge is 2.24. The lowest BCUT2D eigenvalue weighted by atomic mass is 10.1. The minimum absolute atomic E-state index is 0.0389. The van der Waals surface area contributed by atoms with Crippen molar-refractivity contribution in [1.29, 1.82) is 0 Å². The van der Waals surface area contributed by atoms with E-state index in [2.05, 4.69) is 5.32 Å². The topological polar surface area (TPSA) is 49.4 Å². The number of amides is 2. The highest BCUT2D eigenvalue weighted by molar-refractivity contribution is 7.99. The van der Waals surface area contributed by atoms with Crippen LogP contribution in [0.5, 0.6) is 0 Å². The van der Waals surface area contributed by atoms with E-state index >= 15 is 0 Å². The van der Waals surface area contributed by atoms with E-state index in [0.29, 0.717) is 12.2 Å². The molecule has 2 aromatic carbocycles. The molecule has 0 aromatic heterocycles. The van der Waals surface area contributed by atoms with Gasteiger partial charge in [0.1, 0.15) is 5.82 Å². The number of anilines is 2. The number of carbonyl (C=O) groups is 2. The zero-order valence-corrected chi connectivity index (χ0v) is 14.0. The van der Waals surface area contributed by atoms with Crippen LogP contribution in [0.2, 0.25) is 0 Å². The van der Waals surface area contributed by atoms with Gasteiger partial charge in [-0.2, -0.15) is 0 Å². The van der Waals surface area contributed by atoms with Crippen LogP contribution in [0.15, 0.2) is 47.4 Å². The first-order chi connectivity index (χ1) is 11.6. The molecule has 0 aliphatic carbocycles. The molecule has 0 unspecified atom stereocenters. The summed E-state index contributed by atoms with van der Waals surface area (Å²) in [7, 11) is 0. The van der Waals surface area contributed by atoms with Gasteiger partial charge in [-0.1, -0.05) is 12.1 Å². The Morgan fingerprint density at radius 2 is 2.00 bits per heavy atom. The van der Waals surface area contributed by atoms with E-state index in [-0.39, 0.29) is 11.5 Å². The van der Waals surface area contributed by atoms with E-state index in [1.807, 2.05) is 24.3 Å². The zero-order valence-electron chi connectivity index (χ0n) is 13.2. The van der Waals surface area contributed by atoms with E-state index < -0.39 is 11.7 Å². The molecule has 0 saturated heterocycles. The number of halogens is 1. The van der Waals surface area contributed by atoms with Crippen molar-refractivity contribution in [2.24, 2.45) is 0 Å². The van der Waals surface area contributed by atoms with Crippen LogP contribution in [0.25, 0.3) is 0 Å². The molecule has 0 fully saturated rings. The van der Waals surface area contributed by atoms with Gasteiger partial charge in [-0.05, 0) is 42.5 Å². The molecule has 1 heterocycles. The number of para-hydroxylation sites is 1. The van der Waals surface area contributed by atoms with Crippen molar-refractivity contribution in [3.63, 3.8) is 0 Å². The van der Waals surface area contributed by atoms with Crippen LogP contribution < -0.4 is 10.2 Å². The zero-order chi connectivity index (χ0) is 17.1. The number of thioether (sulfide) groups is 1. The Balaban J connectivity index is 1.98. The maximum absolute atomic E-state index is 14.2. The number of fused-ring (bicyclic) bond motifs is 1. The summed E-state index contributed by atoms with van der Waals surface area (Å²) in [5, 5.41) is 2.58. The standard InChI is InChI=1S/C18H17FN2O2S/c1-12(22)20-13-7-8-15(19)14(11-13)18(23)21-9-4-10-24-17-6-3-2-5-16(17)21/h2-3,5-8,11H,4,9-10H2,1H3,(H,20,22). The molecule has 0 atom stereocenters. The lowest BCUT2D eigenvalue weighted by Crippen LogP contribution is -2.32. The minimum atomic E-state index is -0.594. The Bertz CT molecular complexity index is 794. The van der Waals surface area contributed by atoms with Gasteiger partial charge in [0.25, 0.3) is 5.91 Å². The molecule has 6 heteroatoms. The molecule has 1 N–H and O–H groups in total. The smallest absolute Gasteiger partial charge is 0.261 e. The molecule has 0 radical (unpaired) electrons. The maximum atomic E-state index is 14.2. The summed E-state index contributed by atoms with van der Waals surface area (Å²) in [5.41, 5.74) is 1.17. The monoisotopic (exact) mass is 344 g/mol. The minimum Gasteiger partial charge on any atom is -0.326 e. The summed E-state index contributed by atoms with van der Waals surface area (Å²) in [4.78, 5) is 26.8. The lowest BCUT2D eigenvalue weighted by Gasteiger charge is -2.23. The van der Waals surface area contributed by atoms with Crippen molar-refractivity contribution in [2.75, 3.05) is 22.5 Å². The molecule has 1 aliphatic rings. The van der Waals surface area contributed by atoms with Crippen LogP contribution in [-0.4, -0.2) is 24.1 Å². The van der Waals surface area contributed by atoms with Crippen LogP contribution in [0.3, 0.4) is 0 Å². The van der Waals surface area contributed by atoms with Gasteiger partial charge >= 0.3 is 0 Å². The van der Waals surface area contributed by atoms with Crippen LogP contribution in [0, 0.1) is 5.82 Å². The molecular weight excluding hydrogens is 327 g/mol. The van der Waals surface area contributed by atoms with Crippen LogP contribution in [0.4, 0.5) is 15.8 Å². The molecule has 24 heavy (non-hydrogen) atoms. The van der Waals surface area contributed by atoms with Gasteiger partial charge in [0.2, 0.25) is 5.91 Å². The molecule has 124 valence electrons. The van der Waals surface area contributed by atoms with Crippen LogP contribution >= 0.6 is 11.8 Å². The van der Waals surface area contributed by atoms with E-state index in [1.165, 1.54) is 25.1 Å². The number of nitrogens with zero attached hydrogens (tertiary/aromatic N) is 1. The van der Waals surface area contributed by atoms with Crippen molar-refractivity contribution < 1.29 is 14.0 Å². The van der Waals surface area contributed by atoms with Crippen molar-refractivity contribution in [3.8, 4) is 0 Å². The Morgan fingerprint density at radius 1 is 1.21 bits per heavy atom. The third kappa shape index (κ3) is 3.43. The summed E-state index contributed by atoms with van der Waals surface area (Å²) in [5.74, 6) is -0.343. The van der Waals surface area contributed by atoms with Gasteiger partial charge < -0.3 is 10.2 Å². The second-order valence-corrected chi connectivity index (χ2v) is 6.64. The molecule has 0 saturated carbocycles. The van der Waals surface area contributed by atoms with Crippen molar-refractivity contribution in [3.05, 3.63) is 53.8 Å². The van der Waals surface area contributed by atoms with Gasteiger partial charge in [-0.15, -0.1) is 11.8 Å². The number of hydrogen-bond donors (Lipinski definition) is 1. The predicted molar refractivity (Wildman–Crippen MR) is 94.2 cm³/mol. The van der Waals surface area contributed by atoms with Crippen LogP contribution in [-0.2, 0) is 4.79 Å². The molecule has 2 aromatic rings. The highest BCUT2D eigenvalue weighted by atomic mass is 32.2.